The smallest absolute Gasteiger partial charge is 0.160 e. The Morgan fingerprint density at radius 1 is 0.920 bits per heavy atom. The van der Waals surface area contributed by atoms with Gasteiger partial charge in [-0.25, -0.2) is 4.98 Å². The summed E-state index contributed by atoms with van der Waals surface area (Å²) in [6.45, 7) is 4.73. The Morgan fingerprint density at radius 2 is 1.72 bits per heavy atom. The lowest BCUT2D eigenvalue weighted by atomic mass is 10.0. The molecule has 5 nitrogen and oxygen atoms in total. The summed E-state index contributed by atoms with van der Waals surface area (Å²) in [5.41, 5.74) is 3.36. The maximum atomic E-state index is 4.36. The third kappa shape index (κ3) is 3.46. The molecule has 0 bridgehead atoms. The van der Waals surface area contributed by atoms with Crippen molar-refractivity contribution in [2.75, 3.05) is 13.1 Å². The van der Waals surface area contributed by atoms with Gasteiger partial charge in [-0.05, 0) is 50.6 Å². The molecule has 3 heterocycles. The zero-order chi connectivity index (χ0) is 17.1. The second-order valence-corrected chi connectivity index (χ2v) is 6.64. The topological polar surface area (TPSA) is 46.8 Å². The van der Waals surface area contributed by atoms with Crippen molar-refractivity contribution in [1.29, 1.82) is 0 Å². The molecule has 1 saturated heterocycles. The predicted molar refractivity (Wildman–Crippen MR) is 98.4 cm³/mol. The summed E-state index contributed by atoms with van der Waals surface area (Å²) in [5, 5.41) is 8.65. The molecule has 0 radical (unpaired) electrons. The molecule has 1 fully saturated rings. The molecular formula is C20H23N5. The van der Waals surface area contributed by atoms with Crippen molar-refractivity contribution in [2.45, 2.75) is 32.2 Å². The summed E-state index contributed by atoms with van der Waals surface area (Å²) in [7, 11) is 0. The molecule has 3 aromatic rings. The number of piperidine rings is 1. The van der Waals surface area contributed by atoms with E-state index in [9.17, 15) is 0 Å². The molecule has 1 atom stereocenters. The van der Waals surface area contributed by atoms with Gasteiger partial charge in [-0.1, -0.05) is 30.7 Å². The first kappa shape index (κ1) is 16.0. The van der Waals surface area contributed by atoms with E-state index < -0.39 is 0 Å². The Balaban J connectivity index is 1.49. The normalized spacial score (nSPS) is 16.7. The predicted octanol–water partition coefficient (Wildman–Crippen LogP) is 3.88. The zero-order valence-corrected chi connectivity index (χ0v) is 14.5. The molecular weight excluding hydrogens is 310 g/mol. The van der Waals surface area contributed by atoms with E-state index in [2.05, 4.69) is 51.3 Å². The first-order chi connectivity index (χ1) is 12.3. The summed E-state index contributed by atoms with van der Waals surface area (Å²) >= 11 is 0. The minimum atomic E-state index is 0.476. The lowest BCUT2D eigenvalue weighted by Gasteiger charge is -2.32. The number of nitrogens with zero attached hydrogens (tertiary/aromatic N) is 5. The van der Waals surface area contributed by atoms with Crippen LogP contribution in [-0.2, 0) is 0 Å². The van der Waals surface area contributed by atoms with Gasteiger partial charge in [-0.2, -0.15) is 0 Å². The summed E-state index contributed by atoms with van der Waals surface area (Å²) in [4.78, 5) is 6.62. The van der Waals surface area contributed by atoms with Crippen LogP contribution in [0.2, 0.25) is 0 Å². The van der Waals surface area contributed by atoms with E-state index in [1.165, 1.54) is 37.9 Å². The third-order valence-electron chi connectivity index (χ3n) is 5.05. The molecule has 0 amide bonds. The van der Waals surface area contributed by atoms with Crippen LogP contribution in [0.15, 0.2) is 55.1 Å². The van der Waals surface area contributed by atoms with Crippen molar-refractivity contribution >= 4 is 0 Å². The van der Waals surface area contributed by atoms with Crippen LogP contribution < -0.4 is 0 Å². The number of likely N-dealkylation sites (tertiary alicyclic amines) is 1. The van der Waals surface area contributed by atoms with Crippen LogP contribution in [0, 0.1) is 0 Å². The van der Waals surface area contributed by atoms with Gasteiger partial charge in [0.25, 0.3) is 0 Å². The van der Waals surface area contributed by atoms with E-state index in [-0.39, 0.29) is 0 Å². The van der Waals surface area contributed by atoms with Crippen LogP contribution in [-0.4, -0.2) is 37.7 Å². The zero-order valence-electron chi connectivity index (χ0n) is 14.5. The van der Waals surface area contributed by atoms with Gasteiger partial charge in [0.05, 0.1) is 5.69 Å². The lowest BCUT2D eigenvalue weighted by molar-refractivity contribution is 0.175. The molecule has 0 spiro atoms. The molecule has 2 aromatic heterocycles. The number of imidazole rings is 1. The molecule has 4 rings (SSSR count). The standard InChI is InChI=1S/C20H23N5/c1-16(24-12-3-2-4-13-24)17-5-7-18(8-6-17)19-9-10-20(23-22-19)25-14-11-21-15-25/h5-11,14-16H,2-4,12-13H2,1H3/t16-/m0/s1. The highest BCUT2D eigenvalue weighted by Crippen LogP contribution is 2.26. The van der Waals surface area contributed by atoms with E-state index in [0.717, 1.165) is 17.1 Å². The van der Waals surface area contributed by atoms with Gasteiger partial charge >= 0.3 is 0 Å². The molecule has 1 aliphatic rings. The molecule has 0 unspecified atom stereocenters. The van der Waals surface area contributed by atoms with Crippen molar-refractivity contribution in [1.82, 2.24) is 24.6 Å². The van der Waals surface area contributed by atoms with Crippen molar-refractivity contribution in [2.24, 2.45) is 0 Å². The Bertz CT molecular complexity index is 787. The molecule has 128 valence electrons. The van der Waals surface area contributed by atoms with E-state index in [1.54, 1.807) is 12.5 Å². The van der Waals surface area contributed by atoms with E-state index in [1.807, 2.05) is 22.9 Å². The SMILES string of the molecule is C[C@@H](c1ccc(-c2ccc(-n3ccnc3)nn2)cc1)N1CCCCC1. The van der Waals surface area contributed by atoms with Crippen LogP contribution in [0.5, 0.6) is 0 Å². The molecule has 0 N–H and O–H groups in total. The monoisotopic (exact) mass is 333 g/mol. The quantitative estimate of drug-likeness (QED) is 0.727. The van der Waals surface area contributed by atoms with Crippen LogP contribution in [0.1, 0.15) is 37.8 Å². The largest absolute Gasteiger partial charge is 0.297 e. The third-order valence-corrected chi connectivity index (χ3v) is 5.05. The number of hydrogen-bond donors (Lipinski definition) is 0. The summed E-state index contributed by atoms with van der Waals surface area (Å²) in [6, 6.07) is 13.2. The Kier molecular flexibility index (Phi) is 4.57. The van der Waals surface area contributed by atoms with Gasteiger partial charge in [0.15, 0.2) is 5.82 Å². The molecule has 1 aromatic carbocycles. The lowest BCUT2D eigenvalue weighted by Crippen LogP contribution is -2.32. The Labute approximate surface area is 148 Å². The molecule has 0 aliphatic carbocycles. The van der Waals surface area contributed by atoms with Crippen LogP contribution in [0.25, 0.3) is 17.1 Å². The Morgan fingerprint density at radius 3 is 2.36 bits per heavy atom. The minimum absolute atomic E-state index is 0.476. The number of rotatable bonds is 4. The van der Waals surface area contributed by atoms with Crippen molar-refractivity contribution in [3.05, 3.63) is 60.7 Å². The van der Waals surface area contributed by atoms with Gasteiger partial charge in [-0.3, -0.25) is 9.47 Å². The van der Waals surface area contributed by atoms with Gasteiger partial charge in [0, 0.05) is 24.0 Å². The summed E-state index contributed by atoms with van der Waals surface area (Å²) in [5.74, 6) is 0.775. The second kappa shape index (κ2) is 7.15. The van der Waals surface area contributed by atoms with Crippen molar-refractivity contribution in [3.8, 4) is 17.1 Å². The Hall–Kier alpha value is -2.53. The van der Waals surface area contributed by atoms with E-state index in [0.29, 0.717) is 6.04 Å². The van der Waals surface area contributed by atoms with Gasteiger partial charge in [0.1, 0.15) is 6.33 Å². The van der Waals surface area contributed by atoms with Crippen LogP contribution in [0.3, 0.4) is 0 Å². The van der Waals surface area contributed by atoms with Crippen LogP contribution >= 0.6 is 0 Å². The van der Waals surface area contributed by atoms with E-state index >= 15 is 0 Å². The summed E-state index contributed by atoms with van der Waals surface area (Å²) in [6.07, 6.45) is 9.33. The first-order valence-electron chi connectivity index (χ1n) is 8.98. The van der Waals surface area contributed by atoms with Crippen molar-refractivity contribution < 1.29 is 0 Å². The second-order valence-electron chi connectivity index (χ2n) is 6.64. The van der Waals surface area contributed by atoms with Crippen molar-refractivity contribution in [3.63, 3.8) is 0 Å². The van der Waals surface area contributed by atoms with Crippen LogP contribution in [0.4, 0.5) is 0 Å². The maximum Gasteiger partial charge on any atom is 0.160 e. The fourth-order valence-electron chi connectivity index (χ4n) is 3.46. The number of aromatic nitrogens is 4. The van der Waals surface area contributed by atoms with E-state index in [4.69, 9.17) is 0 Å². The fourth-order valence-corrected chi connectivity index (χ4v) is 3.46. The van der Waals surface area contributed by atoms with Gasteiger partial charge < -0.3 is 0 Å². The average Bonchev–Trinajstić information content (AvgIpc) is 3.23. The molecule has 5 heteroatoms. The highest BCUT2D eigenvalue weighted by Gasteiger charge is 2.18. The van der Waals surface area contributed by atoms with Gasteiger partial charge in [-0.15, -0.1) is 10.2 Å². The highest BCUT2D eigenvalue weighted by molar-refractivity contribution is 5.59. The number of hydrogen-bond acceptors (Lipinski definition) is 4. The summed E-state index contributed by atoms with van der Waals surface area (Å²) < 4.78 is 1.85. The molecule has 0 saturated carbocycles. The maximum absolute atomic E-state index is 4.36. The molecule has 25 heavy (non-hydrogen) atoms. The fraction of sp³-hybridized carbons (Fsp3) is 0.350. The van der Waals surface area contributed by atoms with Gasteiger partial charge in [0.2, 0.25) is 0 Å². The first-order valence-corrected chi connectivity index (χ1v) is 8.98. The minimum Gasteiger partial charge on any atom is -0.297 e. The highest BCUT2D eigenvalue weighted by atomic mass is 15.2. The number of benzene rings is 1. The molecule has 1 aliphatic heterocycles. The average molecular weight is 333 g/mol.